The van der Waals surface area contributed by atoms with Gasteiger partial charge in [0.05, 0.1) is 5.56 Å². The number of rotatable bonds is 5. The molecule has 4 nitrogen and oxygen atoms in total. The maximum atomic E-state index is 12.8. The summed E-state index contributed by atoms with van der Waals surface area (Å²) in [7, 11) is 0. The number of aromatic carboxylic acids is 1. The van der Waals surface area contributed by atoms with Crippen LogP contribution in [0.25, 0.3) is 11.1 Å². The summed E-state index contributed by atoms with van der Waals surface area (Å²) in [4.78, 5) is 24.4. The summed E-state index contributed by atoms with van der Waals surface area (Å²) in [5.41, 5.74) is 1.93. The van der Waals surface area contributed by atoms with Crippen LogP contribution in [0.3, 0.4) is 0 Å². The molecule has 1 unspecified atom stereocenters. The van der Waals surface area contributed by atoms with Crippen molar-refractivity contribution in [1.29, 1.82) is 0 Å². The van der Waals surface area contributed by atoms with Crippen LogP contribution in [0.4, 0.5) is 0 Å². The predicted octanol–water partition coefficient (Wildman–Crippen LogP) is 4.36. The van der Waals surface area contributed by atoms with Gasteiger partial charge in [0, 0.05) is 11.6 Å². The standard InChI is InChI=1S/C21H23NO3/c1-14(15-8-2-3-9-15)22-20(23)18-12-6-4-10-16(18)17-11-5-7-13-19(17)21(24)25/h4-7,10-15H,2-3,8-9H2,1H3,(H,22,23)(H,24,25). The molecular weight excluding hydrogens is 314 g/mol. The van der Waals surface area contributed by atoms with Crippen molar-refractivity contribution in [3.8, 4) is 11.1 Å². The fourth-order valence-corrected chi connectivity index (χ4v) is 3.68. The van der Waals surface area contributed by atoms with Gasteiger partial charge in [-0.05, 0) is 48.9 Å². The summed E-state index contributed by atoms with van der Waals surface area (Å²) in [5, 5.41) is 12.6. The van der Waals surface area contributed by atoms with Gasteiger partial charge in [-0.25, -0.2) is 4.79 Å². The third-order valence-electron chi connectivity index (χ3n) is 5.09. The Kier molecular flexibility index (Phi) is 5.17. The first kappa shape index (κ1) is 17.2. The molecule has 1 aliphatic rings. The second kappa shape index (κ2) is 7.51. The Morgan fingerprint density at radius 1 is 0.960 bits per heavy atom. The molecule has 2 aromatic rings. The largest absolute Gasteiger partial charge is 0.478 e. The SMILES string of the molecule is CC(NC(=O)c1ccccc1-c1ccccc1C(=O)O)C1CCCC1. The number of hydrogen-bond acceptors (Lipinski definition) is 2. The molecule has 1 saturated carbocycles. The topological polar surface area (TPSA) is 66.4 Å². The molecule has 2 N–H and O–H groups in total. The second-order valence-corrected chi connectivity index (χ2v) is 6.70. The molecule has 0 saturated heterocycles. The molecule has 1 atom stereocenters. The minimum Gasteiger partial charge on any atom is -0.478 e. The lowest BCUT2D eigenvalue weighted by molar-refractivity contribution is 0.0697. The third-order valence-corrected chi connectivity index (χ3v) is 5.09. The Bertz CT molecular complexity index is 778. The van der Waals surface area contributed by atoms with Crippen LogP contribution in [-0.2, 0) is 0 Å². The van der Waals surface area contributed by atoms with Crippen molar-refractivity contribution in [2.45, 2.75) is 38.6 Å². The van der Waals surface area contributed by atoms with Crippen LogP contribution in [0, 0.1) is 5.92 Å². The molecule has 25 heavy (non-hydrogen) atoms. The van der Waals surface area contributed by atoms with Gasteiger partial charge in [0.1, 0.15) is 0 Å². The highest BCUT2D eigenvalue weighted by molar-refractivity contribution is 6.04. The first-order valence-electron chi connectivity index (χ1n) is 8.80. The Hall–Kier alpha value is -2.62. The second-order valence-electron chi connectivity index (χ2n) is 6.70. The number of carboxylic acid groups (broad SMARTS) is 1. The van der Waals surface area contributed by atoms with E-state index in [1.165, 1.54) is 12.8 Å². The summed E-state index contributed by atoms with van der Waals surface area (Å²) >= 11 is 0. The van der Waals surface area contributed by atoms with E-state index in [0.29, 0.717) is 22.6 Å². The first-order chi connectivity index (χ1) is 12.1. The molecule has 0 radical (unpaired) electrons. The van der Waals surface area contributed by atoms with Gasteiger partial charge in [0.15, 0.2) is 0 Å². The minimum absolute atomic E-state index is 0.123. The van der Waals surface area contributed by atoms with E-state index in [4.69, 9.17) is 0 Å². The molecular formula is C21H23NO3. The highest BCUT2D eigenvalue weighted by Crippen LogP contribution is 2.29. The molecule has 0 heterocycles. The molecule has 4 heteroatoms. The van der Waals surface area contributed by atoms with Crippen molar-refractivity contribution < 1.29 is 14.7 Å². The summed E-state index contributed by atoms with van der Waals surface area (Å²) in [5.74, 6) is -0.609. The summed E-state index contributed by atoms with van der Waals surface area (Å²) in [6, 6.07) is 14.1. The molecule has 1 aliphatic carbocycles. The zero-order chi connectivity index (χ0) is 17.8. The van der Waals surface area contributed by atoms with Gasteiger partial charge in [0.25, 0.3) is 5.91 Å². The van der Waals surface area contributed by atoms with Crippen molar-refractivity contribution in [2.75, 3.05) is 0 Å². The van der Waals surface area contributed by atoms with Crippen molar-refractivity contribution >= 4 is 11.9 Å². The van der Waals surface area contributed by atoms with E-state index in [-0.39, 0.29) is 17.5 Å². The van der Waals surface area contributed by atoms with Crippen LogP contribution in [0.5, 0.6) is 0 Å². The van der Waals surface area contributed by atoms with E-state index >= 15 is 0 Å². The van der Waals surface area contributed by atoms with E-state index in [0.717, 1.165) is 12.8 Å². The Morgan fingerprint density at radius 3 is 2.08 bits per heavy atom. The number of hydrogen-bond donors (Lipinski definition) is 2. The quantitative estimate of drug-likeness (QED) is 0.852. The van der Waals surface area contributed by atoms with Gasteiger partial charge in [-0.2, -0.15) is 0 Å². The first-order valence-corrected chi connectivity index (χ1v) is 8.80. The maximum absolute atomic E-state index is 12.8. The monoisotopic (exact) mass is 337 g/mol. The zero-order valence-corrected chi connectivity index (χ0v) is 14.4. The van der Waals surface area contributed by atoms with Crippen molar-refractivity contribution in [2.24, 2.45) is 5.92 Å². The van der Waals surface area contributed by atoms with Crippen molar-refractivity contribution in [3.05, 3.63) is 59.7 Å². The average molecular weight is 337 g/mol. The molecule has 0 aromatic heterocycles. The van der Waals surface area contributed by atoms with Crippen LogP contribution in [0.15, 0.2) is 48.5 Å². The van der Waals surface area contributed by atoms with Gasteiger partial charge in [-0.15, -0.1) is 0 Å². The molecule has 0 aliphatic heterocycles. The number of amides is 1. The van der Waals surface area contributed by atoms with Gasteiger partial charge < -0.3 is 10.4 Å². The smallest absolute Gasteiger partial charge is 0.336 e. The highest BCUT2D eigenvalue weighted by atomic mass is 16.4. The zero-order valence-electron chi connectivity index (χ0n) is 14.4. The molecule has 130 valence electrons. The van der Waals surface area contributed by atoms with E-state index in [2.05, 4.69) is 12.2 Å². The third kappa shape index (κ3) is 3.73. The lowest BCUT2D eigenvalue weighted by Gasteiger charge is -2.21. The number of carbonyl (C=O) groups is 2. The number of carbonyl (C=O) groups excluding carboxylic acids is 1. The number of benzene rings is 2. The Morgan fingerprint density at radius 2 is 1.48 bits per heavy atom. The average Bonchev–Trinajstić information content (AvgIpc) is 3.16. The fourth-order valence-electron chi connectivity index (χ4n) is 3.68. The normalized spacial score (nSPS) is 15.7. The summed E-state index contributed by atoms with van der Waals surface area (Å²) < 4.78 is 0. The molecule has 0 spiro atoms. The van der Waals surface area contributed by atoms with Gasteiger partial charge in [-0.1, -0.05) is 49.2 Å². The predicted molar refractivity (Wildman–Crippen MR) is 97.7 cm³/mol. The van der Waals surface area contributed by atoms with Crippen molar-refractivity contribution in [3.63, 3.8) is 0 Å². The molecule has 2 aromatic carbocycles. The van der Waals surface area contributed by atoms with Crippen LogP contribution >= 0.6 is 0 Å². The summed E-state index contributed by atoms with van der Waals surface area (Å²) in [6.07, 6.45) is 4.77. The molecule has 0 bridgehead atoms. The Balaban J connectivity index is 1.91. The van der Waals surface area contributed by atoms with Gasteiger partial charge >= 0.3 is 5.97 Å². The molecule has 3 rings (SSSR count). The van der Waals surface area contributed by atoms with Crippen LogP contribution < -0.4 is 5.32 Å². The van der Waals surface area contributed by atoms with E-state index in [1.54, 1.807) is 36.4 Å². The molecule has 1 fully saturated rings. The number of nitrogens with one attached hydrogen (secondary N) is 1. The lowest BCUT2D eigenvalue weighted by Crippen LogP contribution is -2.37. The van der Waals surface area contributed by atoms with Gasteiger partial charge in [-0.3, -0.25) is 4.79 Å². The van der Waals surface area contributed by atoms with Crippen molar-refractivity contribution in [1.82, 2.24) is 5.32 Å². The van der Waals surface area contributed by atoms with E-state index in [1.807, 2.05) is 12.1 Å². The fraction of sp³-hybridized carbons (Fsp3) is 0.333. The highest BCUT2D eigenvalue weighted by Gasteiger charge is 2.24. The van der Waals surface area contributed by atoms with Gasteiger partial charge in [0.2, 0.25) is 0 Å². The Labute approximate surface area is 147 Å². The number of carboxylic acids is 1. The van der Waals surface area contributed by atoms with Crippen LogP contribution in [-0.4, -0.2) is 23.0 Å². The maximum Gasteiger partial charge on any atom is 0.336 e. The van der Waals surface area contributed by atoms with E-state index < -0.39 is 5.97 Å². The van der Waals surface area contributed by atoms with Crippen LogP contribution in [0.1, 0.15) is 53.3 Å². The van der Waals surface area contributed by atoms with E-state index in [9.17, 15) is 14.7 Å². The van der Waals surface area contributed by atoms with Crippen LogP contribution in [0.2, 0.25) is 0 Å². The molecule has 1 amide bonds. The summed E-state index contributed by atoms with van der Waals surface area (Å²) in [6.45, 7) is 2.06. The lowest BCUT2D eigenvalue weighted by atomic mass is 9.94. The minimum atomic E-state index is -0.995.